The highest BCUT2D eigenvalue weighted by Gasteiger charge is 2.20. The number of aromatic nitrogens is 2. The van der Waals surface area contributed by atoms with E-state index in [1.165, 1.54) is 100 Å². The van der Waals surface area contributed by atoms with Crippen molar-refractivity contribution in [3.63, 3.8) is 0 Å². The van der Waals surface area contributed by atoms with Crippen molar-refractivity contribution in [2.75, 3.05) is 0 Å². The first-order valence-electron chi connectivity index (χ1n) is 13.1. The van der Waals surface area contributed by atoms with Crippen LogP contribution in [0.4, 0.5) is 0 Å². The zero-order chi connectivity index (χ0) is 21.9. The van der Waals surface area contributed by atoms with E-state index < -0.39 is 0 Å². The Hall–Kier alpha value is -1.70. The maximum absolute atomic E-state index is 4.70. The van der Waals surface area contributed by atoms with Gasteiger partial charge in [-0.2, -0.15) is 0 Å². The van der Waals surface area contributed by atoms with Crippen molar-refractivity contribution >= 4 is 0 Å². The van der Waals surface area contributed by atoms with Gasteiger partial charge in [0.05, 0.1) is 0 Å². The molecule has 0 spiro atoms. The lowest BCUT2D eigenvalue weighted by molar-refractivity contribution is 0.249. The average Bonchev–Trinajstić information content (AvgIpc) is 2.80. The summed E-state index contributed by atoms with van der Waals surface area (Å²) in [6.45, 7) is 6.79. The Labute approximate surface area is 191 Å². The van der Waals surface area contributed by atoms with Gasteiger partial charge in [-0.15, -0.1) is 0 Å². The fourth-order valence-corrected chi connectivity index (χ4v) is 5.18. The molecule has 1 heterocycles. The summed E-state index contributed by atoms with van der Waals surface area (Å²) in [6.07, 6.45) is 23.0. The summed E-state index contributed by atoms with van der Waals surface area (Å²) in [4.78, 5) is 9.40. The van der Waals surface area contributed by atoms with E-state index in [-0.39, 0.29) is 0 Å². The summed E-state index contributed by atoms with van der Waals surface area (Å²) < 4.78 is 0. The van der Waals surface area contributed by atoms with Gasteiger partial charge in [0, 0.05) is 18.0 Å². The highest BCUT2D eigenvalue weighted by molar-refractivity contribution is 5.57. The van der Waals surface area contributed by atoms with E-state index in [4.69, 9.17) is 9.97 Å². The SMILES string of the molecule is CCCCCc1ccc(-c2ncc(CCC3CCC(CCCCC)CC3)cn2)cc1C. The van der Waals surface area contributed by atoms with E-state index in [0.717, 1.165) is 29.6 Å². The van der Waals surface area contributed by atoms with Crippen LogP contribution in [-0.4, -0.2) is 9.97 Å². The van der Waals surface area contributed by atoms with Crippen molar-refractivity contribution in [2.45, 2.75) is 111 Å². The van der Waals surface area contributed by atoms with Crippen LogP contribution in [0.5, 0.6) is 0 Å². The average molecular weight is 421 g/mol. The minimum Gasteiger partial charge on any atom is -0.236 e. The number of hydrogen-bond acceptors (Lipinski definition) is 2. The molecule has 0 saturated heterocycles. The fourth-order valence-electron chi connectivity index (χ4n) is 5.18. The van der Waals surface area contributed by atoms with Gasteiger partial charge in [-0.25, -0.2) is 9.97 Å². The van der Waals surface area contributed by atoms with Crippen LogP contribution in [0.25, 0.3) is 11.4 Å². The lowest BCUT2D eigenvalue weighted by Gasteiger charge is -2.28. The molecule has 0 amide bonds. The molecule has 31 heavy (non-hydrogen) atoms. The second-order valence-electron chi connectivity index (χ2n) is 9.93. The lowest BCUT2D eigenvalue weighted by Crippen LogP contribution is -2.15. The van der Waals surface area contributed by atoms with Gasteiger partial charge < -0.3 is 0 Å². The standard InChI is InChI=1S/C29H44N2/c1-4-6-8-10-24-12-14-25(15-13-24)16-17-26-21-30-29(31-22-26)28-19-18-27(23(3)20-28)11-9-7-5-2/h18-22,24-25H,4-17H2,1-3H3. The summed E-state index contributed by atoms with van der Waals surface area (Å²) in [7, 11) is 0. The van der Waals surface area contributed by atoms with Crippen molar-refractivity contribution < 1.29 is 0 Å². The first-order valence-corrected chi connectivity index (χ1v) is 13.1. The molecule has 3 rings (SSSR count). The number of aryl methyl sites for hydroxylation is 3. The molecule has 1 aromatic carbocycles. The van der Waals surface area contributed by atoms with E-state index in [1.54, 1.807) is 0 Å². The molecular weight excluding hydrogens is 376 g/mol. The molecule has 1 aliphatic rings. The third-order valence-electron chi connectivity index (χ3n) is 7.38. The lowest BCUT2D eigenvalue weighted by atomic mass is 9.78. The molecule has 0 radical (unpaired) electrons. The third-order valence-corrected chi connectivity index (χ3v) is 7.38. The number of nitrogens with zero attached hydrogens (tertiary/aromatic N) is 2. The van der Waals surface area contributed by atoms with Gasteiger partial charge in [-0.1, -0.05) is 90.2 Å². The van der Waals surface area contributed by atoms with Crippen molar-refractivity contribution in [3.05, 3.63) is 47.3 Å². The smallest absolute Gasteiger partial charge is 0.159 e. The van der Waals surface area contributed by atoms with Crippen LogP contribution >= 0.6 is 0 Å². The molecular formula is C29H44N2. The summed E-state index contributed by atoms with van der Waals surface area (Å²) in [5.74, 6) is 2.77. The highest BCUT2D eigenvalue weighted by Crippen LogP contribution is 2.34. The van der Waals surface area contributed by atoms with E-state index in [2.05, 4.69) is 51.4 Å². The molecule has 1 aromatic heterocycles. The predicted octanol–water partition coefficient (Wildman–Crippen LogP) is 8.50. The van der Waals surface area contributed by atoms with Crippen molar-refractivity contribution in [1.29, 1.82) is 0 Å². The zero-order valence-corrected chi connectivity index (χ0v) is 20.3. The summed E-state index contributed by atoms with van der Waals surface area (Å²) >= 11 is 0. The van der Waals surface area contributed by atoms with Gasteiger partial charge in [-0.05, 0) is 67.2 Å². The van der Waals surface area contributed by atoms with E-state index in [9.17, 15) is 0 Å². The summed E-state index contributed by atoms with van der Waals surface area (Å²) in [5.41, 5.74) is 5.27. The van der Waals surface area contributed by atoms with Gasteiger partial charge in [-0.3, -0.25) is 0 Å². The number of rotatable bonds is 12. The molecule has 0 N–H and O–H groups in total. The number of hydrogen-bond donors (Lipinski definition) is 0. The monoisotopic (exact) mass is 420 g/mol. The maximum atomic E-state index is 4.70. The molecule has 0 atom stereocenters. The molecule has 0 aliphatic heterocycles. The number of benzene rings is 1. The second kappa shape index (κ2) is 13.0. The van der Waals surface area contributed by atoms with Gasteiger partial charge in [0.15, 0.2) is 5.82 Å². The minimum atomic E-state index is 0.861. The second-order valence-corrected chi connectivity index (χ2v) is 9.93. The number of unbranched alkanes of at least 4 members (excludes halogenated alkanes) is 4. The third kappa shape index (κ3) is 7.74. The molecule has 2 heteroatoms. The fraction of sp³-hybridized carbons (Fsp3) is 0.655. The molecule has 170 valence electrons. The van der Waals surface area contributed by atoms with Crippen LogP contribution in [0.3, 0.4) is 0 Å². The topological polar surface area (TPSA) is 25.8 Å². The Bertz CT molecular complexity index is 757. The van der Waals surface area contributed by atoms with Crippen LogP contribution in [0, 0.1) is 18.8 Å². The normalized spacial score (nSPS) is 18.9. The Balaban J connectivity index is 1.45. The molecule has 2 nitrogen and oxygen atoms in total. The molecule has 2 aromatic rings. The van der Waals surface area contributed by atoms with E-state index in [0.29, 0.717) is 0 Å². The maximum Gasteiger partial charge on any atom is 0.159 e. The van der Waals surface area contributed by atoms with Crippen LogP contribution in [-0.2, 0) is 12.8 Å². The van der Waals surface area contributed by atoms with Crippen LogP contribution in [0.1, 0.15) is 108 Å². The van der Waals surface area contributed by atoms with Crippen LogP contribution < -0.4 is 0 Å². The van der Waals surface area contributed by atoms with Gasteiger partial charge in [0.2, 0.25) is 0 Å². The molecule has 1 aliphatic carbocycles. The van der Waals surface area contributed by atoms with Gasteiger partial charge in [0.1, 0.15) is 0 Å². The van der Waals surface area contributed by atoms with Crippen molar-refractivity contribution in [2.24, 2.45) is 11.8 Å². The largest absolute Gasteiger partial charge is 0.236 e. The Morgan fingerprint density at radius 1 is 0.774 bits per heavy atom. The van der Waals surface area contributed by atoms with Gasteiger partial charge in [0.25, 0.3) is 0 Å². The highest BCUT2D eigenvalue weighted by atomic mass is 14.9. The Kier molecular flexibility index (Phi) is 10.0. The first-order chi connectivity index (χ1) is 15.2. The van der Waals surface area contributed by atoms with Crippen molar-refractivity contribution in [3.8, 4) is 11.4 Å². The van der Waals surface area contributed by atoms with Gasteiger partial charge >= 0.3 is 0 Å². The predicted molar refractivity (Wildman–Crippen MR) is 133 cm³/mol. The summed E-state index contributed by atoms with van der Waals surface area (Å²) in [5, 5.41) is 0. The molecule has 1 fully saturated rings. The first kappa shape index (κ1) is 24.0. The van der Waals surface area contributed by atoms with Crippen molar-refractivity contribution in [1.82, 2.24) is 9.97 Å². The Morgan fingerprint density at radius 3 is 2.06 bits per heavy atom. The zero-order valence-electron chi connectivity index (χ0n) is 20.3. The quantitative estimate of drug-likeness (QED) is 0.322. The molecule has 0 bridgehead atoms. The van der Waals surface area contributed by atoms with Crippen LogP contribution in [0.15, 0.2) is 30.6 Å². The van der Waals surface area contributed by atoms with E-state index in [1.807, 2.05) is 0 Å². The molecule has 0 unspecified atom stereocenters. The van der Waals surface area contributed by atoms with Crippen LogP contribution in [0.2, 0.25) is 0 Å². The Morgan fingerprint density at radius 2 is 1.42 bits per heavy atom. The van der Waals surface area contributed by atoms with E-state index >= 15 is 0 Å². The summed E-state index contributed by atoms with van der Waals surface area (Å²) in [6, 6.07) is 6.73. The minimum absolute atomic E-state index is 0.861. The molecule has 1 saturated carbocycles.